The Morgan fingerprint density at radius 2 is 1.50 bits per heavy atom. The number of hydrogen-bond acceptors (Lipinski definition) is 1. The number of hydrogen-bond donors (Lipinski definition) is 2. The van der Waals surface area contributed by atoms with Crippen LogP contribution in [0.2, 0.25) is 0 Å². The van der Waals surface area contributed by atoms with Crippen LogP contribution in [-0.2, 0) is 11.2 Å². The normalized spacial score (nSPS) is 11.7. The molecule has 3 N–H and O–H groups in total. The fraction of sp³-hybridized carbons (Fsp3) is 0.136. The molecule has 0 aliphatic heterocycles. The van der Waals surface area contributed by atoms with Crippen LogP contribution in [-0.4, -0.2) is 12.5 Å². The number of quaternary nitrogens is 1. The minimum atomic E-state index is -0.357. The molecule has 1 amide bonds. The van der Waals surface area contributed by atoms with Crippen LogP contribution in [0.25, 0.3) is 0 Å². The van der Waals surface area contributed by atoms with Crippen molar-refractivity contribution in [3.63, 3.8) is 0 Å². The summed E-state index contributed by atoms with van der Waals surface area (Å²) in [5.74, 6) is -0.437. The van der Waals surface area contributed by atoms with Crippen LogP contribution < -0.4 is 10.6 Å². The van der Waals surface area contributed by atoms with Crippen molar-refractivity contribution in [3.8, 4) is 0 Å². The molecule has 0 radical (unpaired) electrons. The van der Waals surface area contributed by atoms with Crippen molar-refractivity contribution in [1.29, 1.82) is 0 Å². The Bertz CT molecular complexity index is 820. The molecule has 3 aromatic carbocycles. The van der Waals surface area contributed by atoms with Crippen LogP contribution in [0.5, 0.6) is 0 Å². The molecular weight excluding hydrogens is 327 g/mol. The van der Waals surface area contributed by atoms with Crippen LogP contribution in [0.15, 0.2) is 84.9 Å². The van der Waals surface area contributed by atoms with Gasteiger partial charge in [-0.2, -0.15) is 0 Å². The number of benzene rings is 3. The maximum Gasteiger partial charge on any atom is 0.287 e. The maximum absolute atomic E-state index is 13.1. The summed E-state index contributed by atoms with van der Waals surface area (Å²) in [5.41, 5.74) is 2.78. The Kier molecular flexibility index (Phi) is 6.12. The quantitative estimate of drug-likeness (QED) is 0.675. The number of amides is 1. The first kappa shape index (κ1) is 17.8. The average molecular weight is 349 g/mol. The minimum Gasteiger partial charge on any atom is -0.332 e. The summed E-state index contributed by atoms with van der Waals surface area (Å²) in [5, 5.41) is 4.92. The molecule has 0 bridgehead atoms. The van der Waals surface area contributed by atoms with Crippen LogP contribution in [0.1, 0.15) is 17.2 Å². The molecule has 0 fully saturated rings. The van der Waals surface area contributed by atoms with Crippen molar-refractivity contribution in [1.82, 2.24) is 0 Å². The van der Waals surface area contributed by atoms with Crippen LogP contribution >= 0.6 is 0 Å². The molecule has 0 aliphatic carbocycles. The summed E-state index contributed by atoms with van der Waals surface area (Å²) >= 11 is 0. The number of nitrogens with one attached hydrogen (secondary N) is 1. The molecule has 0 spiro atoms. The Morgan fingerprint density at radius 3 is 2.15 bits per heavy atom. The predicted molar refractivity (Wildman–Crippen MR) is 101 cm³/mol. The van der Waals surface area contributed by atoms with Gasteiger partial charge in [-0.1, -0.05) is 60.7 Å². The first-order chi connectivity index (χ1) is 12.7. The number of rotatable bonds is 7. The van der Waals surface area contributed by atoms with E-state index >= 15 is 0 Å². The zero-order chi connectivity index (χ0) is 18.2. The van der Waals surface area contributed by atoms with E-state index in [1.807, 2.05) is 53.8 Å². The molecule has 3 nitrogen and oxygen atoms in total. The van der Waals surface area contributed by atoms with E-state index in [4.69, 9.17) is 0 Å². The Balaban J connectivity index is 1.68. The Labute approximate surface area is 152 Å². The molecule has 3 aromatic rings. The zero-order valence-corrected chi connectivity index (χ0v) is 14.4. The molecule has 0 unspecified atom stereocenters. The number of halogens is 1. The molecule has 0 aromatic heterocycles. The lowest BCUT2D eigenvalue weighted by atomic mass is 10.1. The first-order valence-electron chi connectivity index (χ1n) is 8.71. The van der Waals surface area contributed by atoms with Gasteiger partial charge in [-0.25, -0.2) is 4.39 Å². The van der Waals surface area contributed by atoms with Gasteiger partial charge in [-0.3, -0.25) is 4.79 Å². The maximum atomic E-state index is 13.1. The Morgan fingerprint density at radius 1 is 0.885 bits per heavy atom. The summed E-state index contributed by atoms with van der Waals surface area (Å²) in [6.07, 6.45) is 0.883. The summed E-state index contributed by atoms with van der Waals surface area (Å²) in [6.45, 7) is 0.792. The standard InChI is InChI=1S/C22H21FN2O/c23-19-11-13-20(14-12-19)25-22(26)21(18-9-5-2-6-10-18)24-16-15-17-7-3-1-4-8-17/h1-14,21,24H,15-16H2,(H,25,26)/p+1/t21-/m1/s1. The van der Waals surface area contributed by atoms with E-state index in [1.54, 1.807) is 12.1 Å². The van der Waals surface area contributed by atoms with E-state index in [2.05, 4.69) is 17.4 Å². The SMILES string of the molecule is O=C(Nc1ccc(F)cc1)[C@H]([NH2+]CCc1ccccc1)c1ccccc1. The molecule has 26 heavy (non-hydrogen) atoms. The molecule has 0 heterocycles. The zero-order valence-electron chi connectivity index (χ0n) is 14.4. The van der Waals surface area contributed by atoms with E-state index in [0.29, 0.717) is 5.69 Å². The van der Waals surface area contributed by atoms with Crippen molar-refractivity contribution in [2.24, 2.45) is 0 Å². The molecule has 132 valence electrons. The Hall–Kier alpha value is -2.98. The van der Waals surface area contributed by atoms with Gasteiger partial charge in [-0.15, -0.1) is 0 Å². The topological polar surface area (TPSA) is 45.7 Å². The average Bonchev–Trinajstić information content (AvgIpc) is 2.68. The van der Waals surface area contributed by atoms with Gasteiger partial charge in [-0.05, 0) is 29.8 Å². The van der Waals surface area contributed by atoms with E-state index in [9.17, 15) is 9.18 Å². The summed E-state index contributed by atoms with van der Waals surface area (Å²) in [6, 6.07) is 25.4. The van der Waals surface area contributed by atoms with Crippen molar-refractivity contribution in [2.45, 2.75) is 12.5 Å². The number of carbonyl (C=O) groups is 1. The van der Waals surface area contributed by atoms with E-state index < -0.39 is 0 Å². The van der Waals surface area contributed by atoms with Crippen LogP contribution in [0.4, 0.5) is 10.1 Å². The van der Waals surface area contributed by atoms with Crippen molar-refractivity contribution < 1.29 is 14.5 Å². The van der Waals surface area contributed by atoms with Crippen LogP contribution in [0, 0.1) is 5.82 Å². The van der Waals surface area contributed by atoms with Gasteiger partial charge in [0.05, 0.1) is 6.54 Å². The molecule has 4 heteroatoms. The van der Waals surface area contributed by atoms with E-state index in [0.717, 1.165) is 18.5 Å². The van der Waals surface area contributed by atoms with Crippen molar-refractivity contribution in [2.75, 3.05) is 11.9 Å². The van der Waals surface area contributed by atoms with Gasteiger partial charge in [0.1, 0.15) is 5.82 Å². The number of carbonyl (C=O) groups excluding carboxylic acids is 1. The fourth-order valence-electron chi connectivity index (χ4n) is 2.87. The molecule has 0 saturated carbocycles. The monoisotopic (exact) mass is 349 g/mol. The van der Waals surface area contributed by atoms with Gasteiger partial charge in [0.15, 0.2) is 6.04 Å². The third-order valence-corrected chi connectivity index (χ3v) is 4.23. The third-order valence-electron chi connectivity index (χ3n) is 4.23. The summed E-state index contributed by atoms with van der Waals surface area (Å²) in [4.78, 5) is 12.8. The molecule has 0 aliphatic rings. The predicted octanol–water partition coefficient (Wildman–Crippen LogP) is 3.31. The molecule has 3 rings (SSSR count). The van der Waals surface area contributed by atoms with E-state index in [-0.39, 0.29) is 17.8 Å². The lowest BCUT2D eigenvalue weighted by molar-refractivity contribution is -0.682. The van der Waals surface area contributed by atoms with Crippen LogP contribution in [0.3, 0.4) is 0 Å². The highest BCUT2D eigenvalue weighted by molar-refractivity contribution is 5.94. The second kappa shape index (κ2) is 8.92. The molecule has 1 atom stereocenters. The second-order valence-electron chi connectivity index (χ2n) is 6.14. The lowest BCUT2D eigenvalue weighted by Crippen LogP contribution is -2.87. The first-order valence-corrected chi connectivity index (χ1v) is 8.71. The second-order valence-corrected chi connectivity index (χ2v) is 6.14. The van der Waals surface area contributed by atoms with Crippen molar-refractivity contribution in [3.05, 3.63) is 102 Å². The smallest absolute Gasteiger partial charge is 0.287 e. The molecular formula is C22H22FN2O+. The largest absolute Gasteiger partial charge is 0.332 e. The van der Waals surface area contributed by atoms with Gasteiger partial charge < -0.3 is 10.6 Å². The lowest BCUT2D eigenvalue weighted by Gasteiger charge is -2.16. The molecule has 0 saturated heterocycles. The van der Waals surface area contributed by atoms with Gasteiger partial charge in [0.25, 0.3) is 5.91 Å². The highest BCUT2D eigenvalue weighted by Gasteiger charge is 2.23. The minimum absolute atomic E-state index is 0.115. The van der Waals surface area contributed by atoms with Crippen molar-refractivity contribution >= 4 is 11.6 Å². The summed E-state index contributed by atoms with van der Waals surface area (Å²) in [7, 11) is 0. The van der Waals surface area contributed by atoms with Gasteiger partial charge in [0, 0.05) is 17.7 Å². The van der Waals surface area contributed by atoms with E-state index in [1.165, 1.54) is 17.7 Å². The number of nitrogens with two attached hydrogens (primary N) is 1. The van der Waals surface area contributed by atoms with Gasteiger partial charge in [0.2, 0.25) is 0 Å². The fourth-order valence-corrected chi connectivity index (χ4v) is 2.87. The highest BCUT2D eigenvalue weighted by Crippen LogP contribution is 2.13. The highest BCUT2D eigenvalue weighted by atomic mass is 19.1. The van der Waals surface area contributed by atoms with Gasteiger partial charge >= 0.3 is 0 Å². The summed E-state index contributed by atoms with van der Waals surface area (Å²) < 4.78 is 13.1. The third kappa shape index (κ3) is 5.01. The number of anilines is 1.